The maximum absolute atomic E-state index is 12.5. The largest absolute Gasteiger partial charge is 0.313 e. The van der Waals surface area contributed by atoms with Crippen LogP contribution < -0.4 is 10.0 Å². The van der Waals surface area contributed by atoms with E-state index in [-0.39, 0.29) is 11.1 Å². The molecule has 1 heterocycles. The van der Waals surface area contributed by atoms with E-state index in [1.165, 1.54) is 12.8 Å². The van der Waals surface area contributed by atoms with Crippen molar-refractivity contribution in [2.24, 2.45) is 5.92 Å². The number of aromatic amines is 1. The van der Waals surface area contributed by atoms with Gasteiger partial charge in [-0.25, -0.2) is 13.1 Å². The fourth-order valence-electron chi connectivity index (χ4n) is 2.47. The Morgan fingerprint density at radius 1 is 1.43 bits per heavy atom. The first-order chi connectivity index (χ1) is 9.94. The van der Waals surface area contributed by atoms with E-state index in [1.807, 2.05) is 13.8 Å². The number of sulfonamides is 1. The van der Waals surface area contributed by atoms with Gasteiger partial charge in [0.1, 0.15) is 0 Å². The van der Waals surface area contributed by atoms with Gasteiger partial charge < -0.3 is 5.32 Å². The average molecular weight is 314 g/mol. The molecule has 0 spiro atoms. The average Bonchev–Trinajstić information content (AvgIpc) is 3.11. The van der Waals surface area contributed by atoms with Crippen molar-refractivity contribution in [1.29, 1.82) is 0 Å². The summed E-state index contributed by atoms with van der Waals surface area (Å²) in [5, 5.41) is 10.2. The fourth-order valence-corrected chi connectivity index (χ4v) is 3.93. The Hall–Kier alpha value is -0.920. The predicted molar refractivity (Wildman–Crippen MR) is 82.4 cm³/mol. The number of hydrogen-bond donors (Lipinski definition) is 3. The zero-order chi connectivity index (χ0) is 15.5. The SMILES string of the molecule is CCCNCc1c(S(=O)(=O)NC(C)CC2CC2)n[nH]c1C. The molecule has 1 aromatic rings. The Labute approximate surface area is 127 Å². The molecule has 3 N–H and O–H groups in total. The third kappa shape index (κ3) is 4.52. The van der Waals surface area contributed by atoms with Crippen molar-refractivity contribution < 1.29 is 8.42 Å². The summed E-state index contributed by atoms with van der Waals surface area (Å²) in [6.07, 6.45) is 4.36. The summed E-state index contributed by atoms with van der Waals surface area (Å²) in [5.41, 5.74) is 1.53. The Kier molecular flexibility index (Phi) is 5.40. The molecule has 0 saturated heterocycles. The summed E-state index contributed by atoms with van der Waals surface area (Å²) in [5.74, 6) is 0.689. The summed E-state index contributed by atoms with van der Waals surface area (Å²) in [6.45, 7) is 7.22. The Balaban J connectivity index is 2.07. The van der Waals surface area contributed by atoms with Crippen LogP contribution in [-0.2, 0) is 16.6 Å². The molecule has 6 nitrogen and oxygen atoms in total. The van der Waals surface area contributed by atoms with E-state index >= 15 is 0 Å². The van der Waals surface area contributed by atoms with Crippen LogP contribution in [0.1, 0.15) is 50.8 Å². The Morgan fingerprint density at radius 3 is 2.76 bits per heavy atom. The highest BCUT2D eigenvalue weighted by molar-refractivity contribution is 7.89. The number of aromatic nitrogens is 2. The zero-order valence-corrected chi connectivity index (χ0v) is 13.9. The van der Waals surface area contributed by atoms with Crippen molar-refractivity contribution >= 4 is 10.0 Å². The second-order valence-corrected chi connectivity index (χ2v) is 7.64. The van der Waals surface area contributed by atoms with E-state index in [4.69, 9.17) is 0 Å². The molecular weight excluding hydrogens is 288 g/mol. The lowest BCUT2D eigenvalue weighted by atomic mass is 10.2. The standard InChI is InChI=1S/C14H26N4O2S/c1-4-7-15-9-13-11(3)16-17-14(13)21(19,20)18-10(2)8-12-5-6-12/h10,12,15,18H,4-9H2,1-3H3,(H,16,17). The van der Waals surface area contributed by atoms with Gasteiger partial charge >= 0.3 is 0 Å². The minimum absolute atomic E-state index is 0.0454. The molecule has 21 heavy (non-hydrogen) atoms. The highest BCUT2D eigenvalue weighted by atomic mass is 32.2. The summed E-state index contributed by atoms with van der Waals surface area (Å²) in [4.78, 5) is 0. The Morgan fingerprint density at radius 2 is 2.14 bits per heavy atom. The molecule has 0 bridgehead atoms. The number of aryl methyl sites for hydroxylation is 1. The molecule has 120 valence electrons. The van der Waals surface area contributed by atoms with Crippen LogP contribution in [0.3, 0.4) is 0 Å². The third-order valence-electron chi connectivity index (χ3n) is 3.76. The van der Waals surface area contributed by atoms with E-state index < -0.39 is 10.0 Å². The molecule has 0 aliphatic heterocycles. The predicted octanol–water partition coefficient (Wildman–Crippen LogP) is 1.68. The van der Waals surface area contributed by atoms with Crippen molar-refractivity contribution in [3.63, 3.8) is 0 Å². The van der Waals surface area contributed by atoms with Crippen molar-refractivity contribution in [3.8, 4) is 0 Å². The third-order valence-corrected chi connectivity index (χ3v) is 5.32. The van der Waals surface area contributed by atoms with Crippen LogP contribution in [0.5, 0.6) is 0 Å². The van der Waals surface area contributed by atoms with E-state index in [9.17, 15) is 8.42 Å². The van der Waals surface area contributed by atoms with Gasteiger partial charge in [0.2, 0.25) is 0 Å². The lowest BCUT2D eigenvalue weighted by molar-refractivity contribution is 0.525. The second-order valence-electron chi connectivity index (χ2n) is 6.01. The molecule has 1 aliphatic carbocycles. The quantitative estimate of drug-likeness (QED) is 0.605. The maximum Gasteiger partial charge on any atom is 0.260 e. The summed E-state index contributed by atoms with van der Waals surface area (Å²) in [6, 6.07) is -0.0454. The molecule has 1 unspecified atom stereocenters. The van der Waals surface area contributed by atoms with Gasteiger partial charge in [0.25, 0.3) is 10.0 Å². The van der Waals surface area contributed by atoms with Gasteiger partial charge in [-0.3, -0.25) is 5.10 Å². The summed E-state index contributed by atoms with van der Waals surface area (Å²) < 4.78 is 27.7. The van der Waals surface area contributed by atoms with Crippen LogP contribution in [0.15, 0.2) is 5.03 Å². The number of H-pyrrole nitrogens is 1. The summed E-state index contributed by atoms with van der Waals surface area (Å²) in [7, 11) is -3.56. The highest BCUT2D eigenvalue weighted by Crippen LogP contribution is 2.33. The highest BCUT2D eigenvalue weighted by Gasteiger charge is 2.29. The molecule has 1 saturated carbocycles. The van der Waals surface area contributed by atoms with E-state index in [0.29, 0.717) is 12.5 Å². The normalized spacial score (nSPS) is 17.1. The minimum Gasteiger partial charge on any atom is -0.313 e. The molecule has 7 heteroatoms. The van der Waals surface area contributed by atoms with Crippen LogP contribution >= 0.6 is 0 Å². The number of nitrogens with one attached hydrogen (secondary N) is 3. The Bertz CT molecular complexity index is 564. The van der Waals surface area contributed by atoms with E-state index in [0.717, 1.165) is 30.6 Å². The van der Waals surface area contributed by atoms with Crippen molar-refractivity contribution in [3.05, 3.63) is 11.3 Å². The first-order valence-electron chi connectivity index (χ1n) is 7.71. The van der Waals surface area contributed by atoms with Crippen LogP contribution in [0.25, 0.3) is 0 Å². The van der Waals surface area contributed by atoms with Crippen LogP contribution in [0.4, 0.5) is 0 Å². The smallest absolute Gasteiger partial charge is 0.260 e. The van der Waals surface area contributed by atoms with Crippen molar-refractivity contribution in [2.75, 3.05) is 6.54 Å². The number of hydrogen-bond acceptors (Lipinski definition) is 4. The molecule has 0 aromatic carbocycles. The molecule has 1 fully saturated rings. The van der Waals surface area contributed by atoms with Gasteiger partial charge in [-0.2, -0.15) is 5.10 Å². The van der Waals surface area contributed by atoms with Gasteiger partial charge in [0.15, 0.2) is 5.03 Å². The molecule has 0 radical (unpaired) electrons. The molecule has 2 rings (SSSR count). The van der Waals surface area contributed by atoms with Gasteiger partial charge in [0.05, 0.1) is 0 Å². The first kappa shape index (κ1) is 16.5. The molecular formula is C14H26N4O2S. The molecule has 0 amide bonds. The van der Waals surface area contributed by atoms with Crippen LogP contribution in [0.2, 0.25) is 0 Å². The van der Waals surface area contributed by atoms with Gasteiger partial charge in [-0.15, -0.1) is 0 Å². The maximum atomic E-state index is 12.5. The van der Waals surface area contributed by atoms with E-state index in [1.54, 1.807) is 0 Å². The second kappa shape index (κ2) is 6.89. The molecule has 1 atom stereocenters. The topological polar surface area (TPSA) is 86.9 Å². The van der Waals surface area contributed by atoms with E-state index in [2.05, 4.69) is 27.2 Å². The zero-order valence-electron chi connectivity index (χ0n) is 13.1. The number of nitrogens with zero attached hydrogens (tertiary/aromatic N) is 1. The van der Waals surface area contributed by atoms with Gasteiger partial charge in [0, 0.05) is 23.8 Å². The minimum atomic E-state index is -3.56. The fraction of sp³-hybridized carbons (Fsp3) is 0.786. The van der Waals surface area contributed by atoms with Gasteiger partial charge in [-0.1, -0.05) is 19.8 Å². The van der Waals surface area contributed by atoms with Crippen molar-refractivity contribution in [2.45, 2.75) is 64.1 Å². The first-order valence-corrected chi connectivity index (χ1v) is 9.19. The summed E-state index contributed by atoms with van der Waals surface area (Å²) >= 11 is 0. The van der Waals surface area contributed by atoms with Crippen molar-refractivity contribution in [1.82, 2.24) is 20.2 Å². The lowest BCUT2D eigenvalue weighted by Crippen LogP contribution is -2.34. The monoisotopic (exact) mass is 314 g/mol. The molecule has 1 aliphatic rings. The van der Waals surface area contributed by atoms with Crippen LogP contribution in [-0.4, -0.2) is 31.2 Å². The lowest BCUT2D eigenvalue weighted by Gasteiger charge is -2.13. The molecule has 1 aromatic heterocycles. The number of rotatable bonds is 9. The van der Waals surface area contributed by atoms with Crippen LogP contribution in [0, 0.1) is 12.8 Å². The van der Waals surface area contributed by atoms with Gasteiger partial charge in [-0.05, 0) is 39.2 Å².